The summed E-state index contributed by atoms with van der Waals surface area (Å²) in [7, 11) is 0. The monoisotopic (exact) mass is 352 g/mol. The number of aryl methyl sites for hydroxylation is 1. The van der Waals surface area contributed by atoms with Gasteiger partial charge in [0.25, 0.3) is 0 Å². The Bertz CT molecular complexity index is 960. The lowest BCUT2D eigenvalue weighted by atomic mass is 9.97. The molecule has 3 aromatic rings. The van der Waals surface area contributed by atoms with E-state index in [0.717, 1.165) is 42.4 Å². The standard InChI is InChI=1S/C20H21FN4O/c1-13-10-19(23-20(26)14-6-8-22-9-7-14)25(24-13)18-12-16-5-3-2-4-15(16)11-17(18)21/h2-5,10-12,14,22H,6-9H2,1H3,(H,23,26). The third kappa shape index (κ3) is 3.20. The molecule has 0 spiro atoms. The van der Waals surface area contributed by atoms with Gasteiger partial charge in [0.2, 0.25) is 5.91 Å². The molecule has 6 heteroatoms. The van der Waals surface area contributed by atoms with Crippen molar-refractivity contribution in [1.29, 1.82) is 0 Å². The Morgan fingerprint density at radius 1 is 1.19 bits per heavy atom. The van der Waals surface area contributed by atoms with Crippen LogP contribution in [0.4, 0.5) is 10.2 Å². The van der Waals surface area contributed by atoms with Gasteiger partial charge in [-0.25, -0.2) is 9.07 Å². The van der Waals surface area contributed by atoms with Gasteiger partial charge in [-0.05, 0) is 55.8 Å². The van der Waals surface area contributed by atoms with Crippen LogP contribution in [0.3, 0.4) is 0 Å². The first-order chi connectivity index (χ1) is 12.6. The maximum atomic E-state index is 14.7. The van der Waals surface area contributed by atoms with Crippen molar-refractivity contribution in [2.75, 3.05) is 18.4 Å². The third-order valence-corrected chi connectivity index (χ3v) is 4.84. The summed E-state index contributed by atoms with van der Waals surface area (Å²) in [6.45, 7) is 3.51. The van der Waals surface area contributed by atoms with Gasteiger partial charge in [0.1, 0.15) is 17.3 Å². The van der Waals surface area contributed by atoms with E-state index in [1.54, 1.807) is 12.1 Å². The number of rotatable bonds is 3. The zero-order chi connectivity index (χ0) is 18.1. The van der Waals surface area contributed by atoms with E-state index in [-0.39, 0.29) is 17.6 Å². The molecular formula is C20H21FN4O. The molecule has 134 valence electrons. The van der Waals surface area contributed by atoms with Crippen molar-refractivity contribution in [2.24, 2.45) is 5.92 Å². The van der Waals surface area contributed by atoms with Gasteiger partial charge in [0.15, 0.2) is 0 Å². The van der Waals surface area contributed by atoms with Crippen LogP contribution in [0.15, 0.2) is 42.5 Å². The van der Waals surface area contributed by atoms with Crippen LogP contribution >= 0.6 is 0 Å². The van der Waals surface area contributed by atoms with Crippen LogP contribution < -0.4 is 10.6 Å². The molecule has 2 aromatic carbocycles. The number of nitrogens with zero attached hydrogens (tertiary/aromatic N) is 2. The quantitative estimate of drug-likeness (QED) is 0.759. The number of halogens is 1. The molecule has 5 nitrogen and oxygen atoms in total. The van der Waals surface area contributed by atoms with Crippen LogP contribution in [0.25, 0.3) is 16.5 Å². The van der Waals surface area contributed by atoms with Gasteiger partial charge in [-0.15, -0.1) is 0 Å². The molecule has 4 rings (SSSR count). The molecule has 1 amide bonds. The first kappa shape index (κ1) is 16.7. The number of carbonyl (C=O) groups excluding carboxylic acids is 1. The lowest BCUT2D eigenvalue weighted by Crippen LogP contribution is -2.35. The van der Waals surface area contributed by atoms with E-state index >= 15 is 0 Å². The Labute approximate surface area is 151 Å². The van der Waals surface area contributed by atoms with E-state index in [2.05, 4.69) is 15.7 Å². The lowest BCUT2D eigenvalue weighted by molar-refractivity contribution is -0.120. The average molecular weight is 352 g/mol. The van der Waals surface area contributed by atoms with Gasteiger partial charge < -0.3 is 10.6 Å². The van der Waals surface area contributed by atoms with Crippen LogP contribution in [0.5, 0.6) is 0 Å². The highest BCUT2D eigenvalue weighted by Gasteiger charge is 2.23. The number of fused-ring (bicyclic) bond motifs is 1. The van der Waals surface area contributed by atoms with E-state index in [0.29, 0.717) is 11.5 Å². The van der Waals surface area contributed by atoms with E-state index in [4.69, 9.17) is 0 Å². The molecule has 1 aromatic heterocycles. The topological polar surface area (TPSA) is 59.0 Å². The maximum Gasteiger partial charge on any atom is 0.228 e. The molecule has 0 radical (unpaired) electrons. The van der Waals surface area contributed by atoms with Gasteiger partial charge in [0.05, 0.1) is 5.69 Å². The number of benzene rings is 2. The fourth-order valence-corrected chi connectivity index (χ4v) is 3.45. The minimum atomic E-state index is -0.371. The summed E-state index contributed by atoms with van der Waals surface area (Å²) in [6, 6.07) is 12.6. The first-order valence-corrected chi connectivity index (χ1v) is 8.89. The largest absolute Gasteiger partial charge is 0.317 e. The predicted molar refractivity (Wildman–Crippen MR) is 100.0 cm³/mol. The van der Waals surface area contributed by atoms with Crippen LogP contribution in [0.1, 0.15) is 18.5 Å². The Hall–Kier alpha value is -2.73. The number of carbonyl (C=O) groups is 1. The van der Waals surface area contributed by atoms with E-state index < -0.39 is 0 Å². The zero-order valence-electron chi connectivity index (χ0n) is 14.6. The van der Waals surface area contributed by atoms with Crippen LogP contribution in [-0.4, -0.2) is 28.8 Å². The molecule has 26 heavy (non-hydrogen) atoms. The van der Waals surface area contributed by atoms with Gasteiger partial charge >= 0.3 is 0 Å². The second kappa shape index (κ2) is 6.88. The van der Waals surface area contributed by atoms with Gasteiger partial charge in [-0.3, -0.25) is 4.79 Å². The fourth-order valence-electron chi connectivity index (χ4n) is 3.45. The highest BCUT2D eigenvalue weighted by molar-refractivity contribution is 5.92. The molecule has 0 bridgehead atoms. The van der Waals surface area contributed by atoms with E-state index in [1.165, 1.54) is 10.7 Å². The number of amides is 1. The molecule has 1 aliphatic heterocycles. The molecule has 0 aliphatic carbocycles. The van der Waals surface area contributed by atoms with Crippen molar-refractivity contribution in [3.05, 3.63) is 54.0 Å². The molecule has 1 saturated heterocycles. The number of hydrogen-bond acceptors (Lipinski definition) is 3. The Balaban J connectivity index is 1.69. The van der Waals surface area contributed by atoms with E-state index in [1.807, 2.05) is 31.2 Å². The van der Waals surface area contributed by atoms with Crippen LogP contribution in [-0.2, 0) is 4.79 Å². The van der Waals surface area contributed by atoms with Crippen molar-refractivity contribution in [1.82, 2.24) is 15.1 Å². The molecule has 0 saturated carbocycles. The highest BCUT2D eigenvalue weighted by Crippen LogP contribution is 2.26. The number of hydrogen-bond donors (Lipinski definition) is 2. The predicted octanol–water partition coefficient (Wildman–Crippen LogP) is 3.41. The minimum absolute atomic E-state index is 0.0265. The van der Waals surface area contributed by atoms with Crippen LogP contribution in [0, 0.1) is 18.7 Å². The molecule has 2 heterocycles. The molecular weight excluding hydrogens is 331 g/mol. The van der Waals surface area contributed by atoms with Gasteiger partial charge in [0, 0.05) is 12.0 Å². The van der Waals surface area contributed by atoms with Crippen molar-refractivity contribution in [3.8, 4) is 5.69 Å². The zero-order valence-corrected chi connectivity index (χ0v) is 14.6. The summed E-state index contributed by atoms with van der Waals surface area (Å²) < 4.78 is 16.2. The number of nitrogens with one attached hydrogen (secondary N) is 2. The second-order valence-corrected chi connectivity index (χ2v) is 6.75. The SMILES string of the molecule is Cc1cc(NC(=O)C2CCNCC2)n(-c2cc3ccccc3cc2F)n1. The maximum absolute atomic E-state index is 14.7. The molecule has 1 fully saturated rings. The smallest absolute Gasteiger partial charge is 0.228 e. The average Bonchev–Trinajstić information content (AvgIpc) is 3.01. The Morgan fingerprint density at radius 3 is 2.62 bits per heavy atom. The molecule has 1 aliphatic rings. The van der Waals surface area contributed by atoms with Crippen molar-refractivity contribution >= 4 is 22.5 Å². The number of anilines is 1. The normalized spacial score (nSPS) is 15.3. The summed E-state index contributed by atoms with van der Waals surface area (Å²) in [5.41, 5.74) is 1.05. The number of aromatic nitrogens is 2. The summed E-state index contributed by atoms with van der Waals surface area (Å²) in [4.78, 5) is 12.6. The molecule has 0 unspecified atom stereocenters. The number of piperidine rings is 1. The van der Waals surface area contributed by atoms with Crippen molar-refractivity contribution < 1.29 is 9.18 Å². The van der Waals surface area contributed by atoms with Gasteiger partial charge in [-0.1, -0.05) is 24.3 Å². The highest BCUT2D eigenvalue weighted by atomic mass is 19.1. The van der Waals surface area contributed by atoms with Crippen molar-refractivity contribution in [2.45, 2.75) is 19.8 Å². The summed E-state index contributed by atoms with van der Waals surface area (Å²) in [6.07, 6.45) is 1.62. The Morgan fingerprint density at radius 2 is 1.88 bits per heavy atom. The molecule has 0 atom stereocenters. The third-order valence-electron chi connectivity index (χ3n) is 4.84. The van der Waals surface area contributed by atoms with Gasteiger partial charge in [-0.2, -0.15) is 5.10 Å². The second-order valence-electron chi connectivity index (χ2n) is 6.75. The Kier molecular flexibility index (Phi) is 4.42. The van der Waals surface area contributed by atoms with Crippen LogP contribution in [0.2, 0.25) is 0 Å². The summed E-state index contributed by atoms with van der Waals surface area (Å²) >= 11 is 0. The lowest BCUT2D eigenvalue weighted by Gasteiger charge is -2.22. The molecule has 2 N–H and O–H groups in total. The first-order valence-electron chi connectivity index (χ1n) is 8.89. The minimum Gasteiger partial charge on any atom is -0.317 e. The summed E-state index contributed by atoms with van der Waals surface area (Å²) in [5.74, 6) is 0.0691. The summed E-state index contributed by atoms with van der Waals surface area (Å²) in [5, 5.41) is 12.3. The van der Waals surface area contributed by atoms with E-state index in [9.17, 15) is 9.18 Å². The fraction of sp³-hybridized carbons (Fsp3) is 0.300. The van der Waals surface area contributed by atoms with Crippen molar-refractivity contribution in [3.63, 3.8) is 0 Å².